The summed E-state index contributed by atoms with van der Waals surface area (Å²) in [7, 11) is 0. The van der Waals surface area contributed by atoms with Crippen LogP contribution in [-0.2, 0) is 16.0 Å². The van der Waals surface area contributed by atoms with Crippen molar-refractivity contribution in [2.24, 2.45) is 0 Å². The Labute approximate surface area is 112 Å². The molecule has 0 radical (unpaired) electrons. The highest BCUT2D eigenvalue weighted by Crippen LogP contribution is 2.30. The summed E-state index contributed by atoms with van der Waals surface area (Å²) in [5.41, 5.74) is 8.01. The van der Waals surface area contributed by atoms with Crippen LogP contribution >= 0.6 is 0 Å². The monoisotopic (exact) mass is 261 g/mol. The lowest BCUT2D eigenvalue weighted by molar-refractivity contribution is -0.123. The van der Waals surface area contributed by atoms with Crippen LogP contribution in [0.4, 0.5) is 11.4 Å². The molecule has 2 rings (SSSR count). The van der Waals surface area contributed by atoms with Crippen LogP contribution in [0.3, 0.4) is 0 Å². The van der Waals surface area contributed by atoms with Crippen LogP contribution in [0.2, 0.25) is 0 Å². The smallest absolute Gasteiger partial charge is 0.240 e. The topological polar surface area (TPSA) is 75.4 Å². The summed E-state index contributed by atoms with van der Waals surface area (Å²) >= 11 is 0. The second-order valence-electron chi connectivity index (χ2n) is 4.92. The van der Waals surface area contributed by atoms with Gasteiger partial charge in [0, 0.05) is 17.4 Å². The molecule has 1 aromatic rings. The first-order chi connectivity index (χ1) is 9.01. The molecule has 0 fully saturated rings. The molecule has 0 saturated carbocycles. The van der Waals surface area contributed by atoms with Gasteiger partial charge in [-0.25, -0.2) is 0 Å². The number of anilines is 2. The molecule has 2 amide bonds. The number of hydrogen-bond donors (Lipinski definition) is 2. The Balaban J connectivity index is 2.10. The van der Waals surface area contributed by atoms with Crippen LogP contribution in [0.1, 0.15) is 25.8 Å². The van der Waals surface area contributed by atoms with E-state index in [4.69, 9.17) is 5.73 Å². The van der Waals surface area contributed by atoms with E-state index in [0.29, 0.717) is 12.1 Å². The van der Waals surface area contributed by atoms with Gasteiger partial charge in [-0.2, -0.15) is 0 Å². The number of benzene rings is 1. The van der Waals surface area contributed by atoms with Gasteiger partial charge in [0.15, 0.2) is 0 Å². The lowest BCUT2D eigenvalue weighted by atomic mass is 10.1. The molecular formula is C14H19N3O2. The van der Waals surface area contributed by atoms with Gasteiger partial charge >= 0.3 is 0 Å². The first kappa shape index (κ1) is 13.4. The third-order valence-electron chi connectivity index (χ3n) is 3.36. The maximum Gasteiger partial charge on any atom is 0.240 e. The summed E-state index contributed by atoms with van der Waals surface area (Å²) in [6.45, 7) is 4.02. The van der Waals surface area contributed by atoms with E-state index in [9.17, 15) is 9.59 Å². The molecule has 1 unspecified atom stereocenters. The fourth-order valence-corrected chi connectivity index (χ4v) is 2.14. The number of nitrogens with zero attached hydrogens (tertiary/aromatic N) is 1. The molecule has 102 valence electrons. The molecule has 0 bridgehead atoms. The van der Waals surface area contributed by atoms with Gasteiger partial charge in [-0.3, -0.25) is 9.59 Å². The minimum absolute atomic E-state index is 0.0556. The number of nitrogens with two attached hydrogens (primary N) is 1. The van der Waals surface area contributed by atoms with E-state index in [1.165, 1.54) is 4.90 Å². The van der Waals surface area contributed by atoms with E-state index in [1.807, 2.05) is 13.8 Å². The highest BCUT2D eigenvalue weighted by Gasteiger charge is 2.28. The molecular weight excluding hydrogens is 242 g/mol. The number of carbonyl (C=O) groups excluding carboxylic acids is 2. The number of nitrogen functional groups attached to an aromatic ring is 1. The van der Waals surface area contributed by atoms with E-state index in [0.717, 1.165) is 17.7 Å². The van der Waals surface area contributed by atoms with Crippen molar-refractivity contribution in [3.8, 4) is 0 Å². The highest BCUT2D eigenvalue weighted by atomic mass is 16.2. The van der Waals surface area contributed by atoms with Gasteiger partial charge in [0.1, 0.15) is 6.54 Å². The Morgan fingerprint density at radius 1 is 1.53 bits per heavy atom. The number of amides is 2. The van der Waals surface area contributed by atoms with E-state index in [2.05, 4.69) is 5.32 Å². The summed E-state index contributed by atoms with van der Waals surface area (Å²) in [6, 6.07) is 5.46. The number of nitrogens with one attached hydrogen (secondary N) is 1. The summed E-state index contributed by atoms with van der Waals surface area (Å²) in [6.07, 6.45) is 1.18. The Morgan fingerprint density at radius 2 is 2.26 bits per heavy atom. The summed E-state index contributed by atoms with van der Waals surface area (Å²) < 4.78 is 0. The van der Waals surface area contributed by atoms with Gasteiger partial charge < -0.3 is 16.0 Å². The molecule has 0 saturated heterocycles. The van der Waals surface area contributed by atoms with Crippen LogP contribution in [0.15, 0.2) is 18.2 Å². The number of fused-ring (bicyclic) bond motifs is 1. The molecule has 0 aliphatic carbocycles. The molecule has 1 aromatic carbocycles. The van der Waals surface area contributed by atoms with Crippen LogP contribution < -0.4 is 16.0 Å². The molecule has 19 heavy (non-hydrogen) atoms. The van der Waals surface area contributed by atoms with E-state index >= 15 is 0 Å². The third-order valence-corrected chi connectivity index (χ3v) is 3.36. The van der Waals surface area contributed by atoms with E-state index in [-0.39, 0.29) is 24.4 Å². The Bertz CT molecular complexity index is 513. The summed E-state index contributed by atoms with van der Waals surface area (Å²) in [5.74, 6) is -0.188. The maximum atomic E-state index is 11.9. The SMILES string of the molecule is CCC(C)NC(=O)CN1C(=O)Cc2cc(N)ccc21. The molecule has 0 aromatic heterocycles. The number of hydrogen-bond acceptors (Lipinski definition) is 3. The number of rotatable bonds is 4. The molecule has 3 N–H and O–H groups in total. The zero-order valence-electron chi connectivity index (χ0n) is 11.3. The van der Waals surface area contributed by atoms with Gasteiger partial charge in [0.2, 0.25) is 11.8 Å². The molecule has 5 nitrogen and oxygen atoms in total. The molecule has 0 spiro atoms. The maximum absolute atomic E-state index is 11.9. The van der Waals surface area contributed by atoms with Crippen molar-refractivity contribution < 1.29 is 9.59 Å². The molecule has 1 heterocycles. The first-order valence-electron chi connectivity index (χ1n) is 6.49. The fraction of sp³-hybridized carbons (Fsp3) is 0.429. The lowest BCUT2D eigenvalue weighted by Crippen LogP contribution is -2.42. The van der Waals surface area contributed by atoms with Crippen molar-refractivity contribution in [3.63, 3.8) is 0 Å². The van der Waals surface area contributed by atoms with Gasteiger partial charge in [-0.1, -0.05) is 6.92 Å². The normalized spacial score (nSPS) is 15.3. The predicted octanol–water partition coefficient (Wildman–Crippen LogP) is 1.07. The van der Waals surface area contributed by atoms with Crippen LogP contribution in [-0.4, -0.2) is 24.4 Å². The van der Waals surface area contributed by atoms with E-state index in [1.54, 1.807) is 18.2 Å². The minimum Gasteiger partial charge on any atom is -0.399 e. The van der Waals surface area contributed by atoms with Crippen LogP contribution in [0, 0.1) is 0 Å². The third kappa shape index (κ3) is 2.86. The average molecular weight is 261 g/mol. The highest BCUT2D eigenvalue weighted by molar-refractivity contribution is 6.05. The van der Waals surface area contributed by atoms with Crippen molar-refractivity contribution in [2.75, 3.05) is 17.2 Å². The zero-order chi connectivity index (χ0) is 14.0. The molecule has 1 aliphatic heterocycles. The standard InChI is InChI=1S/C14H19N3O2/c1-3-9(2)16-13(18)8-17-12-5-4-11(15)6-10(12)7-14(17)19/h4-6,9H,3,7-8,15H2,1-2H3,(H,16,18). The summed E-state index contributed by atoms with van der Waals surface area (Å²) in [5, 5.41) is 2.86. The average Bonchev–Trinajstić information content (AvgIpc) is 2.64. The zero-order valence-corrected chi connectivity index (χ0v) is 11.3. The quantitative estimate of drug-likeness (QED) is 0.796. The van der Waals surface area contributed by atoms with E-state index < -0.39 is 0 Å². The second kappa shape index (κ2) is 5.30. The Hall–Kier alpha value is -2.04. The van der Waals surface area contributed by atoms with Gasteiger partial charge in [-0.05, 0) is 37.1 Å². The van der Waals surface area contributed by atoms with Gasteiger partial charge in [0.25, 0.3) is 0 Å². The van der Waals surface area contributed by atoms with Gasteiger partial charge in [-0.15, -0.1) is 0 Å². The Kier molecular flexibility index (Phi) is 3.74. The van der Waals surface area contributed by atoms with Crippen molar-refractivity contribution in [2.45, 2.75) is 32.7 Å². The van der Waals surface area contributed by atoms with Crippen molar-refractivity contribution >= 4 is 23.2 Å². The van der Waals surface area contributed by atoms with Crippen molar-refractivity contribution in [3.05, 3.63) is 23.8 Å². The van der Waals surface area contributed by atoms with Crippen LogP contribution in [0.25, 0.3) is 0 Å². The minimum atomic E-state index is -0.132. The Morgan fingerprint density at radius 3 is 2.95 bits per heavy atom. The lowest BCUT2D eigenvalue weighted by Gasteiger charge is -2.19. The van der Waals surface area contributed by atoms with Gasteiger partial charge in [0.05, 0.1) is 6.42 Å². The fourth-order valence-electron chi connectivity index (χ4n) is 2.14. The van der Waals surface area contributed by atoms with Crippen molar-refractivity contribution in [1.82, 2.24) is 5.32 Å². The first-order valence-corrected chi connectivity index (χ1v) is 6.49. The molecule has 1 atom stereocenters. The summed E-state index contributed by atoms with van der Waals surface area (Å²) in [4.78, 5) is 25.3. The predicted molar refractivity (Wildman–Crippen MR) is 74.8 cm³/mol. The second-order valence-corrected chi connectivity index (χ2v) is 4.92. The molecule has 5 heteroatoms. The largest absolute Gasteiger partial charge is 0.399 e. The molecule has 1 aliphatic rings. The van der Waals surface area contributed by atoms with Crippen LogP contribution in [0.5, 0.6) is 0 Å². The van der Waals surface area contributed by atoms with Crippen molar-refractivity contribution in [1.29, 1.82) is 0 Å². The number of carbonyl (C=O) groups is 2.